The highest BCUT2D eigenvalue weighted by Crippen LogP contribution is 2.37. The zero-order valence-corrected chi connectivity index (χ0v) is 13.0. The van der Waals surface area contributed by atoms with Crippen LogP contribution >= 0.6 is 0 Å². The van der Waals surface area contributed by atoms with E-state index < -0.39 is 6.43 Å². The Kier molecular flexibility index (Phi) is 3.84. The Morgan fingerprint density at radius 1 is 1.32 bits per heavy atom. The number of piperazine rings is 1. The van der Waals surface area contributed by atoms with Crippen molar-refractivity contribution in [3.63, 3.8) is 0 Å². The smallest absolute Gasteiger partial charge is 0.251 e. The van der Waals surface area contributed by atoms with Crippen LogP contribution in [0.25, 0.3) is 0 Å². The normalized spacial score (nSPS) is 21.0. The first-order valence-electron chi connectivity index (χ1n) is 7.58. The molecule has 22 heavy (non-hydrogen) atoms. The van der Waals surface area contributed by atoms with Gasteiger partial charge in [0.1, 0.15) is 5.60 Å². The largest absolute Gasteiger partial charge is 0.471 e. The summed E-state index contributed by atoms with van der Waals surface area (Å²) in [5.41, 5.74) is 7.54. The molecule has 0 unspecified atom stereocenters. The Bertz CT molecular complexity index is 557. The molecule has 0 atom stereocenters. The van der Waals surface area contributed by atoms with Gasteiger partial charge in [0.2, 0.25) is 5.88 Å². The summed E-state index contributed by atoms with van der Waals surface area (Å²) in [5.74, 6) is 1.34. The number of nitrogen functional groups attached to an aromatic ring is 1. The van der Waals surface area contributed by atoms with Gasteiger partial charge in [-0.1, -0.05) is 0 Å². The minimum Gasteiger partial charge on any atom is -0.471 e. The molecule has 1 fully saturated rings. The Balaban J connectivity index is 1.72. The van der Waals surface area contributed by atoms with Gasteiger partial charge in [-0.15, -0.1) is 0 Å². The van der Waals surface area contributed by atoms with Gasteiger partial charge in [-0.05, 0) is 19.9 Å². The van der Waals surface area contributed by atoms with Crippen molar-refractivity contribution in [2.24, 2.45) is 0 Å². The van der Waals surface area contributed by atoms with Crippen LogP contribution in [-0.4, -0.2) is 54.6 Å². The summed E-state index contributed by atoms with van der Waals surface area (Å²) in [7, 11) is 0. The summed E-state index contributed by atoms with van der Waals surface area (Å²) in [6.45, 7) is 6.35. The van der Waals surface area contributed by atoms with E-state index in [0.717, 1.165) is 12.0 Å². The number of pyridine rings is 1. The molecule has 0 amide bonds. The van der Waals surface area contributed by atoms with Crippen molar-refractivity contribution < 1.29 is 13.5 Å². The van der Waals surface area contributed by atoms with E-state index in [1.54, 1.807) is 4.90 Å². The highest BCUT2D eigenvalue weighted by molar-refractivity contribution is 5.66. The van der Waals surface area contributed by atoms with E-state index in [1.807, 2.05) is 24.8 Å². The number of nitrogens with two attached hydrogens (primary N) is 1. The lowest BCUT2D eigenvalue weighted by Gasteiger charge is -2.35. The Morgan fingerprint density at radius 3 is 2.64 bits per heavy atom. The third-order valence-electron chi connectivity index (χ3n) is 4.13. The molecule has 2 aliphatic heterocycles. The minimum absolute atomic E-state index is 0.168. The number of fused-ring (bicyclic) bond motifs is 1. The van der Waals surface area contributed by atoms with Crippen molar-refractivity contribution in [1.82, 2.24) is 9.88 Å². The molecule has 0 radical (unpaired) electrons. The Morgan fingerprint density at radius 2 is 2.00 bits per heavy atom. The maximum Gasteiger partial charge on any atom is 0.251 e. The predicted molar refractivity (Wildman–Crippen MR) is 81.7 cm³/mol. The zero-order chi connectivity index (χ0) is 15.9. The maximum atomic E-state index is 12.4. The highest BCUT2D eigenvalue weighted by atomic mass is 19.3. The molecule has 1 aromatic rings. The van der Waals surface area contributed by atoms with Crippen LogP contribution in [0.3, 0.4) is 0 Å². The number of nitrogens with zero attached hydrogens (tertiary/aromatic N) is 3. The summed E-state index contributed by atoms with van der Waals surface area (Å²) in [6, 6.07) is 1.93. The van der Waals surface area contributed by atoms with Gasteiger partial charge in [-0.25, -0.2) is 8.78 Å². The van der Waals surface area contributed by atoms with Gasteiger partial charge in [0.05, 0.1) is 12.2 Å². The minimum atomic E-state index is -2.29. The van der Waals surface area contributed by atoms with Gasteiger partial charge in [0, 0.05) is 38.2 Å². The number of halogens is 2. The van der Waals surface area contributed by atoms with Crippen LogP contribution in [0.4, 0.5) is 20.3 Å². The van der Waals surface area contributed by atoms with E-state index in [-0.39, 0.29) is 12.1 Å². The van der Waals surface area contributed by atoms with Crippen molar-refractivity contribution in [3.8, 4) is 5.88 Å². The van der Waals surface area contributed by atoms with Crippen LogP contribution in [0.1, 0.15) is 19.4 Å². The van der Waals surface area contributed by atoms with Crippen molar-refractivity contribution in [2.75, 3.05) is 43.4 Å². The molecule has 1 aromatic heterocycles. The molecular weight excluding hydrogens is 290 g/mol. The van der Waals surface area contributed by atoms with Gasteiger partial charge in [0.25, 0.3) is 6.43 Å². The number of ether oxygens (including phenoxy) is 1. The number of hydrogen-bond donors (Lipinski definition) is 1. The Labute approximate surface area is 129 Å². The molecular formula is C15H22F2N4O. The molecule has 0 aliphatic carbocycles. The maximum absolute atomic E-state index is 12.4. The van der Waals surface area contributed by atoms with Crippen LogP contribution in [0.5, 0.6) is 5.88 Å². The average Bonchev–Trinajstić information content (AvgIpc) is 2.71. The number of rotatable bonds is 3. The van der Waals surface area contributed by atoms with E-state index in [9.17, 15) is 8.78 Å². The van der Waals surface area contributed by atoms with E-state index in [1.165, 1.54) is 0 Å². The number of aromatic nitrogens is 1. The summed E-state index contributed by atoms with van der Waals surface area (Å²) in [4.78, 5) is 8.39. The fourth-order valence-corrected chi connectivity index (χ4v) is 3.11. The average molecular weight is 312 g/mol. The van der Waals surface area contributed by atoms with Crippen LogP contribution < -0.4 is 15.4 Å². The van der Waals surface area contributed by atoms with Crippen molar-refractivity contribution >= 4 is 11.5 Å². The molecule has 7 heteroatoms. The first-order chi connectivity index (χ1) is 10.3. The summed E-state index contributed by atoms with van der Waals surface area (Å²) in [5, 5.41) is 0. The molecule has 3 heterocycles. The SMILES string of the molecule is CC1(C)Cc2cc(N)c(N3CCN(CC(F)F)CC3)nc2O1. The van der Waals surface area contributed by atoms with E-state index in [2.05, 4.69) is 4.98 Å². The quantitative estimate of drug-likeness (QED) is 0.922. The number of hydrogen-bond acceptors (Lipinski definition) is 5. The van der Waals surface area contributed by atoms with Crippen molar-refractivity contribution in [3.05, 3.63) is 11.6 Å². The van der Waals surface area contributed by atoms with Gasteiger partial charge in [0.15, 0.2) is 5.82 Å². The molecule has 122 valence electrons. The molecule has 1 saturated heterocycles. The van der Waals surface area contributed by atoms with Gasteiger partial charge in [-0.2, -0.15) is 4.98 Å². The molecule has 0 bridgehead atoms. The van der Waals surface area contributed by atoms with Crippen LogP contribution in [-0.2, 0) is 6.42 Å². The standard InChI is InChI=1S/C15H22F2N4O/c1-15(2)8-10-7-11(18)13(19-14(10)22-15)21-5-3-20(4-6-21)9-12(16)17/h7,12H,3-6,8-9,18H2,1-2H3. The number of anilines is 2. The molecule has 0 aromatic carbocycles. The zero-order valence-electron chi connectivity index (χ0n) is 13.0. The van der Waals surface area contributed by atoms with Crippen LogP contribution in [0, 0.1) is 0 Å². The third-order valence-corrected chi connectivity index (χ3v) is 4.13. The lowest BCUT2D eigenvalue weighted by atomic mass is 10.0. The molecule has 5 nitrogen and oxygen atoms in total. The van der Waals surface area contributed by atoms with Gasteiger partial charge < -0.3 is 15.4 Å². The number of alkyl halides is 2. The second-order valence-corrected chi connectivity index (χ2v) is 6.58. The van der Waals surface area contributed by atoms with Crippen LogP contribution in [0.2, 0.25) is 0 Å². The highest BCUT2D eigenvalue weighted by Gasteiger charge is 2.33. The van der Waals surface area contributed by atoms with Gasteiger partial charge in [-0.3, -0.25) is 4.90 Å². The predicted octanol–water partition coefficient (Wildman–Crippen LogP) is 1.76. The topological polar surface area (TPSA) is 54.6 Å². The van der Waals surface area contributed by atoms with E-state index >= 15 is 0 Å². The summed E-state index contributed by atoms with van der Waals surface area (Å²) < 4.78 is 30.7. The van der Waals surface area contributed by atoms with Crippen molar-refractivity contribution in [2.45, 2.75) is 32.3 Å². The van der Waals surface area contributed by atoms with Crippen LogP contribution in [0.15, 0.2) is 6.07 Å². The fraction of sp³-hybridized carbons (Fsp3) is 0.667. The first kappa shape index (κ1) is 15.3. The first-order valence-corrected chi connectivity index (χ1v) is 7.58. The second kappa shape index (κ2) is 5.53. The van der Waals surface area contributed by atoms with E-state index in [4.69, 9.17) is 10.5 Å². The monoisotopic (exact) mass is 312 g/mol. The molecule has 0 saturated carbocycles. The lowest BCUT2D eigenvalue weighted by molar-refractivity contribution is 0.0853. The Hall–Kier alpha value is -1.63. The molecule has 2 N–H and O–H groups in total. The third kappa shape index (κ3) is 3.09. The molecule has 0 spiro atoms. The van der Waals surface area contributed by atoms with Crippen molar-refractivity contribution in [1.29, 1.82) is 0 Å². The lowest BCUT2D eigenvalue weighted by Crippen LogP contribution is -2.48. The van der Waals surface area contributed by atoms with Gasteiger partial charge >= 0.3 is 0 Å². The molecule has 3 rings (SSSR count). The van der Waals surface area contributed by atoms with E-state index in [0.29, 0.717) is 43.6 Å². The summed E-state index contributed by atoms with van der Waals surface area (Å²) >= 11 is 0. The molecule has 2 aliphatic rings. The summed E-state index contributed by atoms with van der Waals surface area (Å²) in [6.07, 6.45) is -1.49. The second-order valence-electron chi connectivity index (χ2n) is 6.58. The fourth-order valence-electron chi connectivity index (χ4n) is 3.11.